The molecule has 0 aliphatic rings. The van der Waals surface area contributed by atoms with Crippen molar-refractivity contribution in [3.05, 3.63) is 30.6 Å². The van der Waals surface area contributed by atoms with Crippen LogP contribution < -0.4 is 4.74 Å². The fourth-order valence-corrected chi connectivity index (χ4v) is 1.29. The van der Waals surface area contributed by atoms with Gasteiger partial charge in [0.1, 0.15) is 17.6 Å². The molecule has 0 aliphatic carbocycles. The third-order valence-electron chi connectivity index (χ3n) is 1.99. The summed E-state index contributed by atoms with van der Waals surface area (Å²) >= 11 is 0. The molecule has 0 amide bonds. The van der Waals surface area contributed by atoms with Crippen LogP contribution in [0, 0.1) is 6.20 Å². The van der Waals surface area contributed by atoms with E-state index in [1.54, 1.807) is 24.1 Å². The van der Waals surface area contributed by atoms with Crippen molar-refractivity contribution in [2.75, 3.05) is 7.11 Å². The molecule has 0 saturated heterocycles. The summed E-state index contributed by atoms with van der Waals surface area (Å²) in [6.45, 7) is 0. The van der Waals surface area contributed by atoms with E-state index in [9.17, 15) is 0 Å². The number of aryl methyl sites for hydroxylation is 1. The van der Waals surface area contributed by atoms with Gasteiger partial charge in [0.15, 0.2) is 0 Å². The lowest BCUT2D eigenvalue weighted by molar-refractivity contribution is 0.414. The number of nitrogens with zero attached hydrogens (tertiary/aromatic N) is 3. The minimum absolute atomic E-state index is 0.740. The van der Waals surface area contributed by atoms with Gasteiger partial charge in [-0.05, 0) is 18.2 Å². The largest absolute Gasteiger partial charge is 0.494 e. The smallest absolute Gasteiger partial charge is 0.146 e. The summed E-state index contributed by atoms with van der Waals surface area (Å²) in [5, 5.41) is 3.96. The third kappa shape index (κ3) is 1.35. The summed E-state index contributed by atoms with van der Waals surface area (Å²) in [5.41, 5.74) is 1.67. The molecule has 2 heterocycles. The van der Waals surface area contributed by atoms with Gasteiger partial charge in [-0.3, -0.25) is 9.67 Å². The molecule has 0 fully saturated rings. The second-order valence-electron chi connectivity index (χ2n) is 2.84. The number of hydrogen-bond acceptors (Lipinski definition) is 3. The Labute approximate surface area is 82.2 Å². The van der Waals surface area contributed by atoms with Crippen LogP contribution in [0.5, 0.6) is 5.75 Å². The normalized spacial score (nSPS) is 10.1. The zero-order valence-corrected chi connectivity index (χ0v) is 8.06. The topological polar surface area (TPSA) is 39.9 Å². The van der Waals surface area contributed by atoms with Crippen LogP contribution in [0.1, 0.15) is 0 Å². The third-order valence-corrected chi connectivity index (χ3v) is 1.99. The van der Waals surface area contributed by atoms with E-state index in [1.807, 2.05) is 19.2 Å². The van der Waals surface area contributed by atoms with E-state index in [1.165, 1.54) is 0 Å². The van der Waals surface area contributed by atoms with Gasteiger partial charge in [-0.15, -0.1) is 0 Å². The number of pyridine rings is 1. The molecule has 0 unspecified atom stereocenters. The monoisotopic (exact) mass is 188 g/mol. The highest BCUT2D eigenvalue weighted by atomic mass is 16.5. The van der Waals surface area contributed by atoms with Gasteiger partial charge in [0, 0.05) is 13.2 Å². The first-order valence-corrected chi connectivity index (χ1v) is 4.22. The molecular formula is C10H10N3O. The van der Waals surface area contributed by atoms with Crippen molar-refractivity contribution in [3.63, 3.8) is 0 Å². The minimum atomic E-state index is 0.740. The zero-order valence-electron chi connectivity index (χ0n) is 8.06. The summed E-state index contributed by atoms with van der Waals surface area (Å²) in [7, 11) is 3.47. The van der Waals surface area contributed by atoms with Crippen molar-refractivity contribution < 1.29 is 4.74 Å². The number of rotatable bonds is 2. The second kappa shape index (κ2) is 3.49. The van der Waals surface area contributed by atoms with Crippen LogP contribution in [-0.2, 0) is 7.05 Å². The average Bonchev–Trinajstić information content (AvgIpc) is 2.64. The van der Waals surface area contributed by atoms with E-state index in [0.717, 1.165) is 17.1 Å². The van der Waals surface area contributed by atoms with Gasteiger partial charge >= 0.3 is 0 Å². The van der Waals surface area contributed by atoms with Gasteiger partial charge in [-0.1, -0.05) is 0 Å². The van der Waals surface area contributed by atoms with Crippen LogP contribution in [0.4, 0.5) is 0 Å². The molecule has 0 saturated carbocycles. The van der Waals surface area contributed by atoms with Gasteiger partial charge in [0.05, 0.1) is 12.8 Å². The Bertz CT molecular complexity index is 436. The first-order chi connectivity index (χ1) is 6.83. The van der Waals surface area contributed by atoms with Crippen molar-refractivity contribution in [2.24, 2.45) is 7.05 Å². The predicted octanol–water partition coefficient (Wildman–Crippen LogP) is 1.29. The van der Waals surface area contributed by atoms with Crippen LogP contribution in [0.2, 0.25) is 0 Å². The van der Waals surface area contributed by atoms with E-state index in [-0.39, 0.29) is 0 Å². The average molecular weight is 188 g/mol. The van der Waals surface area contributed by atoms with E-state index in [0.29, 0.717) is 0 Å². The quantitative estimate of drug-likeness (QED) is 0.713. The van der Waals surface area contributed by atoms with Crippen molar-refractivity contribution >= 4 is 0 Å². The molecule has 71 valence electrons. The van der Waals surface area contributed by atoms with Crippen LogP contribution >= 0.6 is 0 Å². The fourth-order valence-electron chi connectivity index (χ4n) is 1.29. The summed E-state index contributed by atoms with van der Waals surface area (Å²) in [4.78, 5) is 4.25. The Balaban J connectivity index is 2.56. The molecule has 0 aliphatic heterocycles. The number of hydrogen-bond donors (Lipinski definition) is 0. The highest BCUT2D eigenvalue weighted by Gasteiger charge is 2.09. The van der Waals surface area contributed by atoms with E-state index in [4.69, 9.17) is 4.74 Å². The molecule has 0 bridgehead atoms. The molecule has 1 radical (unpaired) electrons. The molecule has 0 aromatic carbocycles. The molecule has 2 aromatic heterocycles. The lowest BCUT2D eigenvalue weighted by Crippen LogP contribution is -1.97. The zero-order chi connectivity index (χ0) is 9.97. The van der Waals surface area contributed by atoms with Gasteiger partial charge in [-0.2, -0.15) is 5.10 Å². The van der Waals surface area contributed by atoms with Crippen molar-refractivity contribution in [1.82, 2.24) is 14.8 Å². The van der Waals surface area contributed by atoms with Crippen molar-refractivity contribution in [2.45, 2.75) is 0 Å². The fraction of sp³-hybridized carbons (Fsp3) is 0.200. The van der Waals surface area contributed by atoms with Crippen LogP contribution in [0.3, 0.4) is 0 Å². The molecule has 0 spiro atoms. The molecule has 0 N–H and O–H groups in total. The maximum atomic E-state index is 5.21. The van der Waals surface area contributed by atoms with E-state index < -0.39 is 0 Å². The second-order valence-corrected chi connectivity index (χ2v) is 2.84. The maximum absolute atomic E-state index is 5.21. The van der Waals surface area contributed by atoms with E-state index >= 15 is 0 Å². The molecule has 4 heteroatoms. The van der Waals surface area contributed by atoms with Crippen molar-refractivity contribution in [3.8, 4) is 17.1 Å². The Hall–Kier alpha value is -1.84. The predicted molar refractivity (Wildman–Crippen MR) is 51.8 cm³/mol. The molecule has 14 heavy (non-hydrogen) atoms. The number of ether oxygens (including phenoxy) is 1. The van der Waals surface area contributed by atoms with Gasteiger partial charge < -0.3 is 4.74 Å². The molecule has 4 nitrogen and oxygen atoms in total. The SMILES string of the molecule is COc1cccnc1-c1c[c]nn1C. The first-order valence-electron chi connectivity index (χ1n) is 4.22. The van der Waals surface area contributed by atoms with Crippen molar-refractivity contribution in [1.29, 1.82) is 0 Å². The molecule has 2 aromatic rings. The summed E-state index contributed by atoms with van der Waals surface area (Å²) in [6.07, 6.45) is 4.49. The van der Waals surface area contributed by atoms with Crippen LogP contribution in [0.25, 0.3) is 11.4 Å². The highest BCUT2D eigenvalue weighted by Crippen LogP contribution is 2.25. The van der Waals surface area contributed by atoms with Gasteiger partial charge in [0.2, 0.25) is 0 Å². The number of methoxy groups -OCH3 is 1. The minimum Gasteiger partial charge on any atom is -0.494 e. The highest BCUT2D eigenvalue weighted by molar-refractivity contribution is 5.62. The van der Waals surface area contributed by atoms with Crippen LogP contribution in [-0.4, -0.2) is 21.9 Å². The Morgan fingerprint density at radius 1 is 1.50 bits per heavy atom. The summed E-state index contributed by atoms with van der Waals surface area (Å²) in [6, 6.07) is 5.49. The molecular weight excluding hydrogens is 178 g/mol. The standard InChI is InChI=1S/C10H10N3O/c1-13-8(5-7-12-13)10-9(14-2)4-3-6-11-10/h3-6H,1-2H3. The van der Waals surface area contributed by atoms with Gasteiger partial charge in [-0.25, -0.2) is 0 Å². The summed E-state index contributed by atoms with van der Waals surface area (Å²) < 4.78 is 6.92. The lowest BCUT2D eigenvalue weighted by atomic mass is 10.2. The van der Waals surface area contributed by atoms with Crippen LogP contribution in [0.15, 0.2) is 24.4 Å². The van der Waals surface area contributed by atoms with Gasteiger partial charge in [0.25, 0.3) is 0 Å². The first kappa shape index (κ1) is 8.74. The Morgan fingerprint density at radius 3 is 3.00 bits per heavy atom. The molecule has 0 atom stereocenters. The lowest BCUT2D eigenvalue weighted by Gasteiger charge is -2.06. The summed E-state index contributed by atoms with van der Waals surface area (Å²) in [5.74, 6) is 0.740. The maximum Gasteiger partial charge on any atom is 0.146 e. The molecule has 2 rings (SSSR count). The Kier molecular flexibility index (Phi) is 2.18. The number of aromatic nitrogens is 3. The van der Waals surface area contributed by atoms with E-state index in [2.05, 4.69) is 16.3 Å². The Morgan fingerprint density at radius 2 is 2.36 bits per heavy atom.